The Morgan fingerprint density at radius 2 is 1.95 bits per heavy atom. The molecule has 1 rings (SSSR count). The van der Waals surface area contributed by atoms with Crippen LogP contribution in [0.25, 0.3) is 0 Å². The number of carboxylic acid groups (broad SMARTS) is 1. The number of rotatable bonds is 7. The van der Waals surface area contributed by atoms with Gasteiger partial charge in [-0.05, 0) is 18.4 Å². The summed E-state index contributed by atoms with van der Waals surface area (Å²) in [5.74, 6) is -3.19. The predicted molar refractivity (Wildman–Crippen MR) is 68.4 cm³/mol. The molecule has 19 heavy (non-hydrogen) atoms. The van der Waals surface area contributed by atoms with Crippen LogP contribution in [0.4, 0.5) is 8.78 Å². The quantitative estimate of drug-likeness (QED) is 0.745. The van der Waals surface area contributed by atoms with Gasteiger partial charge in [-0.3, -0.25) is 9.79 Å². The van der Waals surface area contributed by atoms with Crippen LogP contribution in [0.3, 0.4) is 0 Å². The van der Waals surface area contributed by atoms with Crippen LogP contribution < -0.4 is 5.73 Å². The standard InChI is InChI=1S/C13H16F2N2O2/c14-12(15)10(13(18)19)6-7-11(16)17-8-9-4-2-1-3-5-9/h1-5,8,10-12H,6-7,16H2,(H,18,19). The van der Waals surface area contributed by atoms with Crippen LogP contribution in [0.1, 0.15) is 18.4 Å². The number of aliphatic carboxylic acids is 1. The van der Waals surface area contributed by atoms with Gasteiger partial charge in [-0.25, -0.2) is 8.78 Å². The van der Waals surface area contributed by atoms with Crippen LogP contribution in [0.15, 0.2) is 35.3 Å². The molecule has 0 amide bonds. The van der Waals surface area contributed by atoms with E-state index in [1.165, 1.54) is 0 Å². The van der Waals surface area contributed by atoms with E-state index in [-0.39, 0.29) is 12.8 Å². The van der Waals surface area contributed by atoms with Gasteiger partial charge >= 0.3 is 5.97 Å². The van der Waals surface area contributed by atoms with Crippen LogP contribution in [-0.4, -0.2) is 29.9 Å². The third-order valence-corrected chi connectivity index (χ3v) is 2.61. The fourth-order valence-corrected chi connectivity index (χ4v) is 1.50. The van der Waals surface area contributed by atoms with E-state index in [0.29, 0.717) is 0 Å². The minimum atomic E-state index is -2.89. The van der Waals surface area contributed by atoms with Gasteiger partial charge in [-0.1, -0.05) is 30.3 Å². The molecular formula is C13H16F2N2O2. The van der Waals surface area contributed by atoms with Crippen LogP contribution in [0, 0.1) is 5.92 Å². The molecule has 6 heteroatoms. The highest BCUT2D eigenvalue weighted by Crippen LogP contribution is 2.17. The number of halogens is 2. The SMILES string of the molecule is NC(CCC(C(=O)O)C(F)F)N=Cc1ccccc1. The van der Waals surface area contributed by atoms with Crippen molar-refractivity contribution in [2.45, 2.75) is 25.4 Å². The number of carbonyl (C=O) groups is 1. The maximum absolute atomic E-state index is 12.4. The number of benzene rings is 1. The van der Waals surface area contributed by atoms with E-state index in [9.17, 15) is 13.6 Å². The minimum Gasteiger partial charge on any atom is -0.481 e. The largest absolute Gasteiger partial charge is 0.481 e. The molecule has 0 aromatic heterocycles. The Morgan fingerprint density at radius 1 is 1.32 bits per heavy atom. The van der Waals surface area contributed by atoms with Gasteiger partial charge in [-0.15, -0.1) is 0 Å². The lowest BCUT2D eigenvalue weighted by Gasteiger charge is -2.12. The number of hydrogen-bond acceptors (Lipinski definition) is 3. The Balaban J connectivity index is 2.45. The fourth-order valence-electron chi connectivity index (χ4n) is 1.50. The second-order valence-electron chi connectivity index (χ2n) is 4.11. The number of alkyl halides is 2. The summed E-state index contributed by atoms with van der Waals surface area (Å²) in [5, 5.41) is 8.61. The summed E-state index contributed by atoms with van der Waals surface area (Å²) in [6.07, 6.45) is -2.11. The predicted octanol–water partition coefficient (Wildman–Crippen LogP) is 2.14. The number of hydrogen-bond donors (Lipinski definition) is 2. The van der Waals surface area contributed by atoms with Crippen molar-refractivity contribution in [1.29, 1.82) is 0 Å². The van der Waals surface area contributed by atoms with Crippen LogP contribution >= 0.6 is 0 Å². The van der Waals surface area contributed by atoms with Crippen molar-refractivity contribution >= 4 is 12.2 Å². The van der Waals surface area contributed by atoms with E-state index in [4.69, 9.17) is 10.8 Å². The molecule has 0 radical (unpaired) electrons. The smallest absolute Gasteiger partial charge is 0.312 e. The molecule has 0 saturated carbocycles. The van der Waals surface area contributed by atoms with E-state index < -0.39 is 24.5 Å². The summed E-state index contributed by atoms with van der Waals surface area (Å²) >= 11 is 0. The summed E-state index contributed by atoms with van der Waals surface area (Å²) in [6, 6.07) is 9.19. The Labute approximate surface area is 110 Å². The molecule has 1 aromatic rings. The van der Waals surface area contributed by atoms with Gasteiger partial charge in [0.1, 0.15) is 5.92 Å². The Morgan fingerprint density at radius 3 is 2.47 bits per heavy atom. The fraction of sp³-hybridized carbons (Fsp3) is 0.385. The van der Waals surface area contributed by atoms with E-state index in [1.807, 2.05) is 30.3 Å². The van der Waals surface area contributed by atoms with Crippen LogP contribution in [0.5, 0.6) is 0 Å². The van der Waals surface area contributed by atoms with Crippen molar-refractivity contribution in [3.05, 3.63) is 35.9 Å². The Kier molecular flexibility index (Phi) is 6.08. The molecule has 0 aliphatic heterocycles. The third-order valence-electron chi connectivity index (χ3n) is 2.61. The van der Waals surface area contributed by atoms with Gasteiger partial charge in [0, 0.05) is 6.21 Å². The van der Waals surface area contributed by atoms with Crippen molar-refractivity contribution in [2.24, 2.45) is 16.6 Å². The summed E-state index contributed by atoms with van der Waals surface area (Å²) in [5.41, 5.74) is 6.48. The number of nitrogens with zero attached hydrogens (tertiary/aromatic N) is 1. The number of carboxylic acids is 1. The second-order valence-corrected chi connectivity index (χ2v) is 4.11. The second kappa shape index (κ2) is 7.58. The molecule has 4 nitrogen and oxygen atoms in total. The zero-order valence-corrected chi connectivity index (χ0v) is 10.2. The first-order valence-electron chi connectivity index (χ1n) is 5.85. The average Bonchev–Trinajstić information content (AvgIpc) is 2.37. The van der Waals surface area contributed by atoms with Crippen molar-refractivity contribution in [3.8, 4) is 0 Å². The van der Waals surface area contributed by atoms with E-state index in [2.05, 4.69) is 4.99 Å². The van der Waals surface area contributed by atoms with Crippen molar-refractivity contribution in [1.82, 2.24) is 0 Å². The van der Waals surface area contributed by atoms with Gasteiger partial charge in [-0.2, -0.15) is 0 Å². The first-order valence-corrected chi connectivity index (χ1v) is 5.85. The van der Waals surface area contributed by atoms with Crippen molar-refractivity contribution < 1.29 is 18.7 Å². The summed E-state index contributed by atoms with van der Waals surface area (Å²) < 4.78 is 24.8. The van der Waals surface area contributed by atoms with E-state index in [0.717, 1.165) is 5.56 Å². The maximum atomic E-state index is 12.4. The minimum absolute atomic E-state index is 0.102. The average molecular weight is 270 g/mol. The van der Waals surface area contributed by atoms with Gasteiger partial charge in [0.2, 0.25) is 0 Å². The Hall–Kier alpha value is -1.82. The molecule has 0 aliphatic rings. The molecule has 0 heterocycles. The van der Waals surface area contributed by atoms with Crippen molar-refractivity contribution in [2.75, 3.05) is 0 Å². The van der Waals surface area contributed by atoms with Gasteiger partial charge in [0.15, 0.2) is 0 Å². The zero-order chi connectivity index (χ0) is 14.3. The summed E-state index contributed by atoms with van der Waals surface area (Å²) in [7, 11) is 0. The summed E-state index contributed by atoms with van der Waals surface area (Å²) in [6.45, 7) is 0. The molecule has 0 saturated heterocycles. The highest BCUT2D eigenvalue weighted by molar-refractivity contribution is 5.79. The van der Waals surface area contributed by atoms with Gasteiger partial charge in [0.25, 0.3) is 6.43 Å². The molecule has 0 spiro atoms. The molecule has 2 unspecified atom stereocenters. The Bertz CT molecular complexity index is 424. The molecular weight excluding hydrogens is 254 g/mol. The third kappa shape index (κ3) is 5.56. The van der Waals surface area contributed by atoms with E-state index in [1.54, 1.807) is 6.21 Å². The maximum Gasteiger partial charge on any atom is 0.312 e. The number of aliphatic imine (C=N–C) groups is 1. The van der Waals surface area contributed by atoms with Gasteiger partial charge < -0.3 is 10.8 Å². The van der Waals surface area contributed by atoms with Crippen molar-refractivity contribution in [3.63, 3.8) is 0 Å². The highest BCUT2D eigenvalue weighted by Gasteiger charge is 2.27. The molecule has 3 N–H and O–H groups in total. The van der Waals surface area contributed by atoms with Crippen LogP contribution in [-0.2, 0) is 4.79 Å². The topological polar surface area (TPSA) is 75.7 Å². The lowest BCUT2D eigenvalue weighted by Crippen LogP contribution is -2.25. The van der Waals surface area contributed by atoms with Crippen LogP contribution in [0.2, 0.25) is 0 Å². The zero-order valence-electron chi connectivity index (χ0n) is 10.2. The monoisotopic (exact) mass is 270 g/mol. The lowest BCUT2D eigenvalue weighted by atomic mass is 10.0. The highest BCUT2D eigenvalue weighted by atomic mass is 19.3. The molecule has 2 atom stereocenters. The summed E-state index contributed by atoms with van der Waals surface area (Å²) in [4.78, 5) is 14.6. The molecule has 0 aliphatic carbocycles. The lowest BCUT2D eigenvalue weighted by molar-refractivity contribution is -0.147. The molecule has 0 bridgehead atoms. The molecule has 1 aromatic carbocycles. The molecule has 104 valence electrons. The first kappa shape index (κ1) is 15.2. The number of nitrogens with two attached hydrogens (primary N) is 1. The van der Waals surface area contributed by atoms with Gasteiger partial charge in [0.05, 0.1) is 6.17 Å². The first-order chi connectivity index (χ1) is 9.00. The normalized spacial score (nSPS) is 14.7. The molecule has 0 fully saturated rings. The van der Waals surface area contributed by atoms with E-state index >= 15 is 0 Å².